The molecular weight excluding hydrogens is 178 g/mol. The minimum atomic E-state index is -4.17. The maximum absolute atomic E-state index is 9.56. The predicted octanol–water partition coefficient (Wildman–Crippen LogP) is 0.223. The average molecular weight is 185 g/mol. The summed E-state index contributed by atoms with van der Waals surface area (Å²) in [6, 6.07) is 0. The van der Waals surface area contributed by atoms with E-state index in [4.69, 9.17) is 9.81 Å². The highest BCUT2D eigenvalue weighted by Crippen LogP contribution is 1.81. The van der Waals surface area contributed by atoms with E-state index in [1.165, 1.54) is 12.3 Å². The van der Waals surface area contributed by atoms with Crippen molar-refractivity contribution in [3.8, 4) is 5.40 Å². The zero-order valence-corrected chi connectivity index (χ0v) is 6.89. The van der Waals surface area contributed by atoms with Crippen molar-refractivity contribution in [2.45, 2.75) is 6.92 Å². The van der Waals surface area contributed by atoms with E-state index in [9.17, 15) is 8.42 Å². The van der Waals surface area contributed by atoms with Gasteiger partial charge in [0.15, 0.2) is 0 Å². The van der Waals surface area contributed by atoms with Gasteiger partial charge in [-0.2, -0.15) is 13.7 Å². The summed E-state index contributed by atoms with van der Waals surface area (Å²) in [6.45, 7) is 1.44. The highest BCUT2D eigenvalue weighted by atomic mass is 32.3. The summed E-state index contributed by atoms with van der Waals surface area (Å²) in [7, 11) is -4.17. The molecule has 0 amide bonds. The highest BCUT2D eigenvalue weighted by Gasteiger charge is 1.98. The number of hydrogen-bond donors (Lipinski definition) is 2. The van der Waals surface area contributed by atoms with E-state index in [0.29, 0.717) is 0 Å². The summed E-state index contributed by atoms with van der Waals surface area (Å²) in [5.74, 6) is 0. The second-order valence-electron chi connectivity index (χ2n) is 0.934. The van der Waals surface area contributed by atoms with Crippen LogP contribution in [0.25, 0.3) is 0 Å². The normalized spacial score (nSPS) is 9.00. The Kier molecular flexibility index (Phi) is 8.46. The smallest absolute Gasteiger partial charge is 0.264 e. The Morgan fingerprint density at radius 1 is 1.80 bits per heavy atom. The van der Waals surface area contributed by atoms with Gasteiger partial charge in [-0.15, -0.1) is 0 Å². The largest absolute Gasteiger partial charge is 0.397 e. The Hall–Kier alpha value is -0.290. The van der Waals surface area contributed by atoms with Crippen molar-refractivity contribution in [3.63, 3.8) is 0 Å². The number of thiol groups is 1. The summed E-state index contributed by atoms with van der Waals surface area (Å²) in [5.41, 5.74) is 0. The lowest BCUT2D eigenvalue weighted by molar-refractivity contribution is 0.283. The second-order valence-corrected chi connectivity index (χ2v) is 2.23. The number of nitriles is 1. The molecule has 0 fully saturated rings. The van der Waals surface area contributed by atoms with Gasteiger partial charge in [0.1, 0.15) is 5.40 Å². The van der Waals surface area contributed by atoms with Gasteiger partial charge >= 0.3 is 10.4 Å². The van der Waals surface area contributed by atoms with Gasteiger partial charge in [0.25, 0.3) is 0 Å². The van der Waals surface area contributed by atoms with Crippen LogP contribution in [0.2, 0.25) is 0 Å². The molecule has 0 spiro atoms. The number of hydrogen-bond acceptors (Lipinski definition) is 5. The maximum atomic E-state index is 9.56. The van der Waals surface area contributed by atoms with Crippen LogP contribution >= 0.6 is 12.6 Å². The molecule has 0 aliphatic heterocycles. The van der Waals surface area contributed by atoms with Crippen LogP contribution in [-0.4, -0.2) is 19.6 Å². The Balaban J connectivity index is 0. The number of nitrogens with zero attached hydrogens (tertiary/aromatic N) is 1. The van der Waals surface area contributed by atoms with Crippen molar-refractivity contribution < 1.29 is 17.2 Å². The van der Waals surface area contributed by atoms with Crippen LogP contribution in [0.4, 0.5) is 0 Å². The Morgan fingerprint density at radius 3 is 2.10 bits per heavy atom. The molecular formula is C3H7NO4S2. The van der Waals surface area contributed by atoms with Crippen LogP contribution in [0.1, 0.15) is 6.92 Å². The van der Waals surface area contributed by atoms with Gasteiger partial charge < -0.3 is 0 Å². The van der Waals surface area contributed by atoms with Gasteiger partial charge in [-0.05, 0) is 6.92 Å². The molecule has 0 radical (unpaired) electrons. The molecule has 0 atom stereocenters. The van der Waals surface area contributed by atoms with Crippen LogP contribution in [0.3, 0.4) is 0 Å². The lowest BCUT2D eigenvalue weighted by Gasteiger charge is -1.88. The van der Waals surface area contributed by atoms with Gasteiger partial charge in [-0.25, -0.2) is 4.18 Å². The molecule has 0 bridgehead atoms. The van der Waals surface area contributed by atoms with E-state index in [0.717, 1.165) is 0 Å². The second kappa shape index (κ2) is 6.82. The summed E-state index contributed by atoms with van der Waals surface area (Å²) in [4.78, 5) is 0. The van der Waals surface area contributed by atoms with Crippen molar-refractivity contribution in [1.82, 2.24) is 0 Å². The quantitative estimate of drug-likeness (QED) is 0.365. The first-order valence-corrected chi connectivity index (χ1v) is 3.94. The molecule has 10 heavy (non-hydrogen) atoms. The molecule has 0 rings (SSSR count). The fraction of sp³-hybridized carbons (Fsp3) is 0.667. The molecule has 0 aromatic heterocycles. The standard InChI is InChI=1S/C2H6O4S.CHNS/c1-2-6-7(3,4)5;2-1-3/h2H2,1H3,(H,3,4,5);3H. The highest BCUT2D eigenvalue weighted by molar-refractivity contribution is 7.85. The van der Waals surface area contributed by atoms with E-state index < -0.39 is 10.4 Å². The van der Waals surface area contributed by atoms with Crippen LogP contribution < -0.4 is 0 Å². The molecule has 0 aliphatic rings. The first kappa shape index (κ1) is 12.4. The fourth-order valence-corrected chi connectivity index (χ4v) is 0.447. The maximum Gasteiger partial charge on any atom is 0.397 e. The molecule has 0 aromatic carbocycles. The minimum Gasteiger partial charge on any atom is -0.264 e. The molecule has 0 unspecified atom stereocenters. The number of thiocyanates is 1. The molecule has 5 nitrogen and oxygen atoms in total. The van der Waals surface area contributed by atoms with Gasteiger partial charge in [0, 0.05) is 0 Å². The average Bonchev–Trinajstić information content (AvgIpc) is 1.63. The third-order valence-electron chi connectivity index (χ3n) is 0.267. The van der Waals surface area contributed by atoms with E-state index in [1.807, 2.05) is 0 Å². The monoisotopic (exact) mass is 185 g/mol. The molecule has 1 N–H and O–H groups in total. The third-order valence-corrected chi connectivity index (χ3v) is 0.800. The summed E-state index contributed by atoms with van der Waals surface area (Å²) in [6.07, 6.45) is 0. The van der Waals surface area contributed by atoms with Crippen molar-refractivity contribution in [3.05, 3.63) is 0 Å². The molecule has 0 saturated heterocycles. The van der Waals surface area contributed by atoms with Gasteiger partial charge in [0.2, 0.25) is 0 Å². The topological polar surface area (TPSA) is 87.4 Å². The Bertz CT molecular complexity index is 191. The van der Waals surface area contributed by atoms with Crippen molar-refractivity contribution in [2.75, 3.05) is 6.61 Å². The molecule has 0 aromatic rings. The van der Waals surface area contributed by atoms with Crippen LogP contribution in [-0.2, 0) is 14.6 Å². The van der Waals surface area contributed by atoms with Gasteiger partial charge in [0.05, 0.1) is 6.61 Å². The van der Waals surface area contributed by atoms with Crippen molar-refractivity contribution in [1.29, 1.82) is 5.26 Å². The van der Waals surface area contributed by atoms with Crippen molar-refractivity contribution >= 4 is 23.0 Å². The Morgan fingerprint density at radius 2 is 2.10 bits per heavy atom. The molecule has 0 aliphatic carbocycles. The van der Waals surface area contributed by atoms with E-state index in [-0.39, 0.29) is 6.61 Å². The van der Waals surface area contributed by atoms with Crippen LogP contribution in [0.15, 0.2) is 0 Å². The summed E-state index contributed by atoms with van der Waals surface area (Å²) < 4.78 is 30.7. The zero-order valence-electron chi connectivity index (χ0n) is 5.18. The Labute approximate surface area is 65.0 Å². The first-order chi connectivity index (χ1) is 4.47. The molecule has 0 saturated carbocycles. The predicted molar refractivity (Wildman–Crippen MR) is 37.8 cm³/mol. The van der Waals surface area contributed by atoms with Gasteiger partial charge in [-0.3, -0.25) is 4.55 Å². The first-order valence-electron chi connectivity index (χ1n) is 2.13. The lowest BCUT2D eigenvalue weighted by Crippen LogP contribution is -2.01. The molecule has 7 heteroatoms. The lowest BCUT2D eigenvalue weighted by atomic mass is 10.9. The fourth-order valence-electron chi connectivity index (χ4n) is 0.149. The van der Waals surface area contributed by atoms with E-state index in [1.54, 1.807) is 0 Å². The van der Waals surface area contributed by atoms with E-state index >= 15 is 0 Å². The zero-order chi connectivity index (χ0) is 8.62. The minimum absolute atomic E-state index is 0.0289. The third kappa shape index (κ3) is 25.2. The van der Waals surface area contributed by atoms with Crippen LogP contribution in [0.5, 0.6) is 0 Å². The van der Waals surface area contributed by atoms with Crippen LogP contribution in [0, 0.1) is 10.7 Å². The SMILES string of the molecule is CCOS(=O)(=O)O.N#CS. The summed E-state index contributed by atoms with van der Waals surface area (Å²) in [5, 5.41) is 8.63. The van der Waals surface area contributed by atoms with Crippen molar-refractivity contribution in [2.24, 2.45) is 0 Å². The summed E-state index contributed by atoms with van der Waals surface area (Å²) >= 11 is 3.09. The number of rotatable bonds is 2. The molecule has 0 heterocycles. The molecule has 60 valence electrons. The van der Waals surface area contributed by atoms with E-state index in [2.05, 4.69) is 16.8 Å². The van der Waals surface area contributed by atoms with Gasteiger partial charge in [-0.1, -0.05) is 12.6 Å².